The Morgan fingerprint density at radius 3 is 2.38 bits per heavy atom. The molecule has 3 aromatic rings. The molecule has 0 fully saturated rings. The molecule has 0 spiro atoms. The lowest BCUT2D eigenvalue weighted by Crippen LogP contribution is -2.12. The number of hydrogen-bond acceptors (Lipinski definition) is 4. The summed E-state index contributed by atoms with van der Waals surface area (Å²) in [6.07, 6.45) is 0.817. The van der Waals surface area contributed by atoms with E-state index < -0.39 is 0 Å². The van der Waals surface area contributed by atoms with Crippen LogP contribution in [0, 0.1) is 6.92 Å². The SMILES string of the molecule is Cc1cccc(C(Cc2ccccc2)c2cc(N)nc(N)c2N)c1. The van der Waals surface area contributed by atoms with E-state index in [9.17, 15) is 0 Å². The molecule has 3 rings (SSSR count). The molecule has 1 aromatic heterocycles. The van der Waals surface area contributed by atoms with Gasteiger partial charge in [0.15, 0.2) is 0 Å². The molecule has 4 nitrogen and oxygen atoms in total. The Bertz CT molecular complexity index is 844. The Kier molecular flexibility index (Phi) is 4.38. The van der Waals surface area contributed by atoms with Gasteiger partial charge in [0.1, 0.15) is 11.6 Å². The van der Waals surface area contributed by atoms with Crippen molar-refractivity contribution in [3.8, 4) is 0 Å². The third-order valence-electron chi connectivity index (χ3n) is 4.24. The van der Waals surface area contributed by atoms with Crippen molar-refractivity contribution in [3.05, 3.63) is 82.9 Å². The molecule has 0 aliphatic rings. The summed E-state index contributed by atoms with van der Waals surface area (Å²) in [6.45, 7) is 2.09. The smallest absolute Gasteiger partial charge is 0.149 e. The number of aryl methyl sites for hydroxylation is 1. The predicted octanol–water partition coefficient (Wildman–Crippen LogP) is 3.51. The van der Waals surface area contributed by atoms with E-state index in [0.29, 0.717) is 11.5 Å². The van der Waals surface area contributed by atoms with Crippen molar-refractivity contribution in [2.45, 2.75) is 19.3 Å². The van der Waals surface area contributed by atoms with Crippen molar-refractivity contribution in [3.63, 3.8) is 0 Å². The number of anilines is 3. The fourth-order valence-electron chi connectivity index (χ4n) is 3.05. The van der Waals surface area contributed by atoms with Gasteiger partial charge in [-0.25, -0.2) is 4.98 Å². The van der Waals surface area contributed by atoms with Gasteiger partial charge in [0.05, 0.1) is 5.69 Å². The summed E-state index contributed by atoms with van der Waals surface area (Å²) in [5.74, 6) is 0.748. The minimum atomic E-state index is 0.0694. The number of aromatic nitrogens is 1. The number of nitrogen functional groups attached to an aromatic ring is 3. The molecule has 0 aliphatic carbocycles. The van der Waals surface area contributed by atoms with Crippen LogP contribution in [0.2, 0.25) is 0 Å². The van der Waals surface area contributed by atoms with Crippen LogP contribution in [0.4, 0.5) is 17.3 Å². The second-order valence-corrected chi connectivity index (χ2v) is 6.09. The predicted molar refractivity (Wildman–Crippen MR) is 101 cm³/mol. The zero-order chi connectivity index (χ0) is 17.1. The van der Waals surface area contributed by atoms with Crippen molar-refractivity contribution in [1.82, 2.24) is 4.98 Å². The van der Waals surface area contributed by atoms with E-state index in [1.54, 1.807) is 0 Å². The van der Waals surface area contributed by atoms with Gasteiger partial charge in [-0.3, -0.25) is 0 Å². The summed E-state index contributed by atoms with van der Waals surface area (Å²) in [6, 6.07) is 20.6. The van der Waals surface area contributed by atoms with Crippen LogP contribution in [0.15, 0.2) is 60.7 Å². The van der Waals surface area contributed by atoms with E-state index >= 15 is 0 Å². The molecule has 24 heavy (non-hydrogen) atoms. The van der Waals surface area contributed by atoms with Crippen molar-refractivity contribution < 1.29 is 0 Å². The Morgan fingerprint density at radius 2 is 1.67 bits per heavy atom. The minimum Gasteiger partial charge on any atom is -0.396 e. The first-order valence-corrected chi connectivity index (χ1v) is 7.96. The molecule has 0 aliphatic heterocycles. The molecule has 122 valence electrons. The number of hydrogen-bond donors (Lipinski definition) is 3. The second kappa shape index (κ2) is 6.62. The summed E-state index contributed by atoms with van der Waals surface area (Å²) in [7, 11) is 0. The van der Waals surface area contributed by atoms with E-state index in [2.05, 4.69) is 48.3 Å². The largest absolute Gasteiger partial charge is 0.396 e. The molecule has 6 N–H and O–H groups in total. The van der Waals surface area contributed by atoms with Crippen LogP contribution in [0.1, 0.15) is 28.2 Å². The number of benzene rings is 2. The Hall–Kier alpha value is -3.01. The first-order valence-electron chi connectivity index (χ1n) is 7.96. The zero-order valence-electron chi connectivity index (χ0n) is 13.7. The van der Waals surface area contributed by atoms with E-state index in [-0.39, 0.29) is 11.7 Å². The van der Waals surface area contributed by atoms with Crippen LogP contribution in [0.5, 0.6) is 0 Å². The Balaban J connectivity index is 2.12. The van der Waals surface area contributed by atoms with E-state index in [1.165, 1.54) is 16.7 Å². The molecule has 1 heterocycles. The Labute approximate surface area is 142 Å². The number of pyridine rings is 1. The zero-order valence-corrected chi connectivity index (χ0v) is 13.7. The summed E-state index contributed by atoms with van der Waals surface area (Å²) in [4.78, 5) is 4.07. The molecule has 0 bridgehead atoms. The lowest BCUT2D eigenvalue weighted by molar-refractivity contribution is 0.805. The molecule has 2 aromatic carbocycles. The van der Waals surface area contributed by atoms with Crippen molar-refractivity contribution >= 4 is 17.3 Å². The van der Waals surface area contributed by atoms with Crippen molar-refractivity contribution in [2.75, 3.05) is 17.2 Å². The van der Waals surface area contributed by atoms with Crippen LogP contribution in [-0.2, 0) is 6.42 Å². The lowest BCUT2D eigenvalue weighted by atomic mass is 9.85. The van der Waals surface area contributed by atoms with Crippen molar-refractivity contribution in [2.24, 2.45) is 0 Å². The molecule has 0 saturated heterocycles. The number of nitrogens with zero attached hydrogens (tertiary/aromatic N) is 1. The summed E-state index contributed by atoms with van der Waals surface area (Å²) >= 11 is 0. The fourth-order valence-corrected chi connectivity index (χ4v) is 3.05. The van der Waals surface area contributed by atoms with Gasteiger partial charge in [-0.05, 0) is 36.1 Å². The Morgan fingerprint density at radius 1 is 0.917 bits per heavy atom. The summed E-state index contributed by atoms with van der Waals surface area (Å²) in [5.41, 5.74) is 23.2. The maximum atomic E-state index is 6.24. The van der Waals surface area contributed by atoms with Gasteiger partial charge in [-0.1, -0.05) is 60.2 Å². The van der Waals surface area contributed by atoms with Crippen LogP contribution < -0.4 is 17.2 Å². The number of rotatable bonds is 4. The highest BCUT2D eigenvalue weighted by Gasteiger charge is 2.20. The highest BCUT2D eigenvalue weighted by Crippen LogP contribution is 2.35. The van der Waals surface area contributed by atoms with Gasteiger partial charge in [0, 0.05) is 5.92 Å². The molecular weight excluding hydrogens is 296 g/mol. The van der Waals surface area contributed by atoms with Crippen molar-refractivity contribution in [1.29, 1.82) is 0 Å². The molecule has 0 radical (unpaired) electrons. The summed E-state index contributed by atoms with van der Waals surface area (Å²) < 4.78 is 0. The maximum absolute atomic E-state index is 6.24. The topological polar surface area (TPSA) is 90.9 Å². The highest BCUT2D eigenvalue weighted by molar-refractivity contribution is 5.68. The molecule has 1 atom stereocenters. The van der Waals surface area contributed by atoms with Gasteiger partial charge in [0.2, 0.25) is 0 Å². The summed E-state index contributed by atoms with van der Waals surface area (Å²) in [5, 5.41) is 0. The number of nitrogens with two attached hydrogens (primary N) is 3. The second-order valence-electron chi connectivity index (χ2n) is 6.09. The van der Waals surface area contributed by atoms with Gasteiger partial charge < -0.3 is 17.2 Å². The van der Waals surface area contributed by atoms with Gasteiger partial charge in [0.25, 0.3) is 0 Å². The van der Waals surface area contributed by atoms with E-state index in [4.69, 9.17) is 17.2 Å². The van der Waals surface area contributed by atoms with Crippen LogP contribution in [0.25, 0.3) is 0 Å². The quantitative estimate of drug-likeness (QED) is 0.686. The average molecular weight is 318 g/mol. The van der Waals surface area contributed by atoms with E-state index in [0.717, 1.165) is 12.0 Å². The van der Waals surface area contributed by atoms with Gasteiger partial charge >= 0.3 is 0 Å². The monoisotopic (exact) mass is 318 g/mol. The third kappa shape index (κ3) is 3.33. The first-order chi connectivity index (χ1) is 11.5. The van der Waals surface area contributed by atoms with Gasteiger partial charge in [-0.2, -0.15) is 0 Å². The molecule has 0 amide bonds. The van der Waals surface area contributed by atoms with Crippen LogP contribution in [0.3, 0.4) is 0 Å². The third-order valence-corrected chi connectivity index (χ3v) is 4.24. The average Bonchev–Trinajstić information content (AvgIpc) is 2.57. The van der Waals surface area contributed by atoms with Gasteiger partial charge in [-0.15, -0.1) is 0 Å². The lowest BCUT2D eigenvalue weighted by Gasteiger charge is -2.21. The normalized spacial score (nSPS) is 12.0. The highest BCUT2D eigenvalue weighted by atomic mass is 14.9. The molecular formula is C20H22N4. The molecule has 4 heteroatoms. The molecule has 0 saturated carbocycles. The fraction of sp³-hybridized carbons (Fsp3) is 0.150. The maximum Gasteiger partial charge on any atom is 0.149 e. The van der Waals surface area contributed by atoms with Crippen LogP contribution in [-0.4, -0.2) is 4.98 Å². The first kappa shape index (κ1) is 15.9. The molecule has 1 unspecified atom stereocenters. The minimum absolute atomic E-state index is 0.0694. The van der Waals surface area contributed by atoms with Crippen LogP contribution >= 0.6 is 0 Å². The standard InChI is InChI=1S/C20H22N4/c1-13-6-5-9-15(10-13)16(11-14-7-3-2-4-8-14)17-12-18(21)24-20(23)19(17)22/h2-10,12,16H,11,22H2,1H3,(H4,21,23,24). The van der Waals surface area contributed by atoms with E-state index in [1.807, 2.05) is 24.3 Å².